The van der Waals surface area contributed by atoms with E-state index in [-0.39, 0.29) is 5.91 Å². The third-order valence-corrected chi connectivity index (χ3v) is 2.91. The first-order valence-electron chi connectivity index (χ1n) is 6.75. The van der Waals surface area contributed by atoms with Gasteiger partial charge in [-0.2, -0.15) is 0 Å². The zero-order chi connectivity index (χ0) is 14.4. The Morgan fingerprint density at radius 1 is 1.15 bits per heavy atom. The van der Waals surface area contributed by atoms with Crippen molar-refractivity contribution in [1.29, 1.82) is 0 Å². The number of ether oxygens (including phenoxy) is 1. The Balaban J connectivity index is 1.97. The number of carbonyl (C=O) groups excluding carboxylic acids is 1. The number of aryl methyl sites for hydroxylation is 1. The van der Waals surface area contributed by atoms with E-state index < -0.39 is 0 Å². The lowest BCUT2D eigenvalue weighted by Gasteiger charge is -2.08. The van der Waals surface area contributed by atoms with Crippen molar-refractivity contribution < 1.29 is 9.53 Å². The second-order valence-electron chi connectivity index (χ2n) is 4.67. The van der Waals surface area contributed by atoms with Crippen molar-refractivity contribution in [1.82, 2.24) is 0 Å². The van der Waals surface area contributed by atoms with Crippen molar-refractivity contribution in [2.24, 2.45) is 0 Å². The SMILES string of the molecule is CCOc1cccc(NC(=O)Cc2ccc(C)cc2)c1. The Kier molecular flexibility index (Phi) is 4.77. The maximum atomic E-state index is 12.0. The molecule has 0 unspecified atom stereocenters. The maximum absolute atomic E-state index is 12.0. The summed E-state index contributed by atoms with van der Waals surface area (Å²) < 4.78 is 5.41. The zero-order valence-corrected chi connectivity index (χ0v) is 11.8. The Labute approximate surface area is 119 Å². The largest absolute Gasteiger partial charge is 0.494 e. The van der Waals surface area contributed by atoms with Gasteiger partial charge in [0.1, 0.15) is 5.75 Å². The number of benzene rings is 2. The van der Waals surface area contributed by atoms with Crippen LogP contribution in [-0.2, 0) is 11.2 Å². The van der Waals surface area contributed by atoms with Crippen LogP contribution in [0.2, 0.25) is 0 Å². The Morgan fingerprint density at radius 3 is 2.60 bits per heavy atom. The maximum Gasteiger partial charge on any atom is 0.228 e. The Bertz CT molecular complexity index is 576. The number of rotatable bonds is 5. The molecule has 0 fully saturated rings. The molecule has 20 heavy (non-hydrogen) atoms. The van der Waals surface area contributed by atoms with E-state index in [2.05, 4.69) is 5.32 Å². The quantitative estimate of drug-likeness (QED) is 0.901. The highest BCUT2D eigenvalue weighted by molar-refractivity contribution is 5.92. The van der Waals surface area contributed by atoms with Crippen molar-refractivity contribution in [2.75, 3.05) is 11.9 Å². The highest BCUT2D eigenvalue weighted by Crippen LogP contribution is 2.17. The van der Waals surface area contributed by atoms with Gasteiger partial charge in [-0.15, -0.1) is 0 Å². The number of amides is 1. The monoisotopic (exact) mass is 269 g/mol. The average Bonchev–Trinajstić information content (AvgIpc) is 2.42. The topological polar surface area (TPSA) is 38.3 Å². The minimum Gasteiger partial charge on any atom is -0.494 e. The minimum atomic E-state index is -0.0255. The predicted molar refractivity (Wildman–Crippen MR) is 81.1 cm³/mol. The third-order valence-electron chi connectivity index (χ3n) is 2.91. The summed E-state index contributed by atoms with van der Waals surface area (Å²) >= 11 is 0. The van der Waals surface area contributed by atoms with Gasteiger partial charge in [-0.25, -0.2) is 0 Å². The molecule has 0 heterocycles. The van der Waals surface area contributed by atoms with Crippen molar-refractivity contribution in [2.45, 2.75) is 20.3 Å². The van der Waals surface area contributed by atoms with Gasteiger partial charge in [-0.05, 0) is 31.5 Å². The molecule has 0 radical (unpaired) electrons. The van der Waals surface area contributed by atoms with E-state index in [0.717, 1.165) is 17.0 Å². The fraction of sp³-hybridized carbons (Fsp3) is 0.235. The molecule has 0 saturated heterocycles. The predicted octanol–water partition coefficient (Wildman–Crippen LogP) is 3.57. The highest BCUT2D eigenvalue weighted by atomic mass is 16.5. The number of nitrogens with one attached hydrogen (secondary N) is 1. The minimum absolute atomic E-state index is 0.0255. The molecule has 3 heteroatoms. The van der Waals surface area contributed by atoms with Gasteiger partial charge in [0.25, 0.3) is 0 Å². The van der Waals surface area contributed by atoms with Crippen molar-refractivity contribution in [3.8, 4) is 5.75 Å². The van der Waals surface area contributed by atoms with Gasteiger partial charge in [0.05, 0.1) is 13.0 Å². The molecular formula is C17H19NO2. The molecule has 3 nitrogen and oxygen atoms in total. The standard InChI is InChI=1S/C17H19NO2/c1-3-20-16-6-4-5-15(12-16)18-17(19)11-14-9-7-13(2)8-10-14/h4-10,12H,3,11H2,1-2H3,(H,18,19). The van der Waals surface area contributed by atoms with Crippen LogP contribution in [0.1, 0.15) is 18.1 Å². The fourth-order valence-electron chi connectivity index (χ4n) is 1.93. The van der Waals surface area contributed by atoms with E-state index in [9.17, 15) is 4.79 Å². The molecule has 2 aromatic rings. The van der Waals surface area contributed by atoms with Gasteiger partial charge in [0.2, 0.25) is 5.91 Å². The molecule has 0 bridgehead atoms. The number of anilines is 1. The lowest BCUT2D eigenvalue weighted by atomic mass is 10.1. The Hall–Kier alpha value is -2.29. The van der Waals surface area contributed by atoms with E-state index in [0.29, 0.717) is 13.0 Å². The molecule has 2 rings (SSSR count). The molecule has 0 aliphatic carbocycles. The van der Waals surface area contributed by atoms with E-state index in [4.69, 9.17) is 4.74 Å². The summed E-state index contributed by atoms with van der Waals surface area (Å²) in [5, 5.41) is 2.88. The molecule has 0 aliphatic heterocycles. The normalized spacial score (nSPS) is 10.1. The van der Waals surface area contributed by atoms with Crippen molar-refractivity contribution in [3.05, 3.63) is 59.7 Å². The van der Waals surface area contributed by atoms with Crippen molar-refractivity contribution >= 4 is 11.6 Å². The molecule has 0 saturated carbocycles. The number of hydrogen-bond acceptors (Lipinski definition) is 2. The van der Waals surface area contributed by atoms with Crippen LogP contribution in [0.5, 0.6) is 5.75 Å². The Morgan fingerprint density at radius 2 is 1.90 bits per heavy atom. The van der Waals surface area contributed by atoms with Gasteiger partial charge >= 0.3 is 0 Å². The molecule has 104 valence electrons. The van der Waals surface area contributed by atoms with Gasteiger partial charge < -0.3 is 10.1 Å². The summed E-state index contributed by atoms with van der Waals surface area (Å²) in [5.74, 6) is 0.739. The summed E-state index contributed by atoms with van der Waals surface area (Å²) in [4.78, 5) is 12.0. The van der Waals surface area contributed by atoms with Gasteiger partial charge in [0.15, 0.2) is 0 Å². The van der Waals surface area contributed by atoms with Crippen LogP contribution < -0.4 is 10.1 Å². The highest BCUT2D eigenvalue weighted by Gasteiger charge is 2.04. The first-order valence-corrected chi connectivity index (χ1v) is 6.75. The first kappa shape index (κ1) is 14.1. The molecule has 0 spiro atoms. The van der Waals surface area contributed by atoms with E-state index in [1.165, 1.54) is 5.56 Å². The second-order valence-corrected chi connectivity index (χ2v) is 4.67. The summed E-state index contributed by atoms with van der Waals surface area (Å²) in [5.41, 5.74) is 2.96. The van der Waals surface area contributed by atoms with Crippen LogP contribution in [0.25, 0.3) is 0 Å². The third kappa shape index (κ3) is 4.12. The molecule has 0 atom stereocenters. The summed E-state index contributed by atoms with van der Waals surface area (Å²) in [7, 11) is 0. The lowest BCUT2D eigenvalue weighted by molar-refractivity contribution is -0.115. The smallest absolute Gasteiger partial charge is 0.228 e. The van der Waals surface area contributed by atoms with Crippen LogP contribution >= 0.6 is 0 Å². The molecule has 1 amide bonds. The second kappa shape index (κ2) is 6.75. The van der Waals surface area contributed by atoms with Crippen LogP contribution in [0, 0.1) is 6.92 Å². The fourth-order valence-corrected chi connectivity index (χ4v) is 1.93. The van der Waals surface area contributed by atoms with Gasteiger partial charge in [-0.3, -0.25) is 4.79 Å². The number of hydrogen-bond donors (Lipinski definition) is 1. The molecule has 0 aliphatic rings. The molecule has 2 aromatic carbocycles. The van der Waals surface area contributed by atoms with E-state index in [1.54, 1.807) is 0 Å². The number of carbonyl (C=O) groups is 1. The summed E-state index contributed by atoms with van der Waals surface area (Å²) in [6.45, 7) is 4.58. The van der Waals surface area contributed by atoms with Crippen LogP contribution in [-0.4, -0.2) is 12.5 Å². The van der Waals surface area contributed by atoms with E-state index in [1.807, 2.05) is 62.4 Å². The van der Waals surface area contributed by atoms with Gasteiger partial charge in [-0.1, -0.05) is 35.9 Å². The van der Waals surface area contributed by atoms with Crippen molar-refractivity contribution in [3.63, 3.8) is 0 Å². The van der Waals surface area contributed by atoms with Gasteiger partial charge in [0, 0.05) is 11.8 Å². The molecular weight excluding hydrogens is 250 g/mol. The zero-order valence-electron chi connectivity index (χ0n) is 11.8. The average molecular weight is 269 g/mol. The molecule has 1 N–H and O–H groups in total. The van der Waals surface area contributed by atoms with Crippen LogP contribution in [0.4, 0.5) is 5.69 Å². The van der Waals surface area contributed by atoms with E-state index >= 15 is 0 Å². The summed E-state index contributed by atoms with van der Waals surface area (Å²) in [6, 6.07) is 15.4. The molecule has 0 aromatic heterocycles. The lowest BCUT2D eigenvalue weighted by Crippen LogP contribution is -2.14. The summed E-state index contributed by atoms with van der Waals surface area (Å²) in [6.07, 6.45) is 0.374. The van der Waals surface area contributed by atoms with Crippen LogP contribution in [0.15, 0.2) is 48.5 Å². The first-order chi connectivity index (χ1) is 9.67. The van der Waals surface area contributed by atoms with Crippen LogP contribution in [0.3, 0.4) is 0 Å².